The van der Waals surface area contributed by atoms with Gasteiger partial charge in [0.05, 0.1) is 57.9 Å². The summed E-state index contributed by atoms with van der Waals surface area (Å²) in [5.41, 5.74) is -3.09. The minimum absolute atomic E-state index is 0.167. The number of benzene rings is 2. The predicted octanol–water partition coefficient (Wildman–Crippen LogP) is 2.56. The molecule has 0 fully saturated rings. The first-order valence-electron chi connectivity index (χ1n) is 12.9. The third-order valence-corrected chi connectivity index (χ3v) is 7.57. The Balaban J connectivity index is 1.57. The van der Waals surface area contributed by atoms with Crippen LogP contribution in [-0.2, 0) is 31.8 Å². The molecule has 2 N–H and O–H groups in total. The smallest absolute Gasteiger partial charge is 0.339 e. The monoisotopic (exact) mass is 574 g/mol. The Morgan fingerprint density at radius 2 is 1.24 bits per heavy atom. The summed E-state index contributed by atoms with van der Waals surface area (Å²) < 4.78 is 21.1. The van der Waals surface area contributed by atoms with E-state index >= 15 is 0 Å². The first-order chi connectivity index (χ1) is 19.9. The molecule has 2 atom stereocenters. The van der Waals surface area contributed by atoms with Crippen LogP contribution in [0.2, 0.25) is 0 Å². The SMILES string of the molecule is COC1=C(/C2=C/OCC(=O)c3c(c(O)cc4c3C(=O)OC(C)C4)C2=O)C(=O)c2c(O)cc3c(c2C1=O)C(=O)OC(C)C3. The van der Waals surface area contributed by atoms with E-state index < -0.39 is 105 Å². The Morgan fingerprint density at radius 1 is 0.714 bits per heavy atom. The largest absolute Gasteiger partial charge is 0.507 e. The second kappa shape index (κ2) is 9.40. The number of ketones is 4. The minimum Gasteiger partial charge on any atom is -0.507 e. The lowest BCUT2D eigenvalue weighted by Crippen LogP contribution is -2.34. The molecule has 0 saturated heterocycles. The highest BCUT2D eigenvalue weighted by Crippen LogP contribution is 2.43. The maximum absolute atomic E-state index is 14.0. The van der Waals surface area contributed by atoms with Crippen molar-refractivity contribution in [1.29, 1.82) is 0 Å². The minimum atomic E-state index is -1.13. The molecule has 0 saturated carbocycles. The normalized spacial score (nSPS) is 22.8. The van der Waals surface area contributed by atoms with E-state index in [1.165, 1.54) is 12.1 Å². The summed E-state index contributed by atoms with van der Waals surface area (Å²) >= 11 is 0. The molecule has 3 heterocycles. The van der Waals surface area contributed by atoms with Gasteiger partial charge < -0.3 is 29.2 Å². The fraction of sp³-hybridized carbons (Fsp3) is 0.267. The molecule has 4 aliphatic rings. The lowest BCUT2D eigenvalue weighted by atomic mass is 9.77. The van der Waals surface area contributed by atoms with E-state index in [2.05, 4.69) is 0 Å². The highest BCUT2D eigenvalue weighted by molar-refractivity contribution is 6.35. The number of carbonyl (C=O) groups excluding carboxylic acids is 6. The van der Waals surface area contributed by atoms with E-state index in [4.69, 9.17) is 18.9 Å². The predicted molar refractivity (Wildman–Crippen MR) is 139 cm³/mol. The van der Waals surface area contributed by atoms with E-state index in [1.807, 2.05) is 0 Å². The highest BCUT2D eigenvalue weighted by atomic mass is 16.5. The van der Waals surface area contributed by atoms with Crippen LogP contribution in [0, 0.1) is 0 Å². The summed E-state index contributed by atoms with van der Waals surface area (Å²) in [4.78, 5) is 80.6. The molecular weight excluding hydrogens is 552 g/mol. The molecule has 0 amide bonds. The van der Waals surface area contributed by atoms with Crippen LogP contribution in [0.3, 0.4) is 0 Å². The molecule has 0 radical (unpaired) electrons. The van der Waals surface area contributed by atoms with Crippen LogP contribution in [0.15, 0.2) is 35.3 Å². The Hall–Kier alpha value is -5.26. The zero-order chi connectivity index (χ0) is 30.2. The van der Waals surface area contributed by atoms with Crippen molar-refractivity contribution >= 4 is 35.1 Å². The standard InChI is InChI=1S/C30H22O12/c1-10-4-12-6-15(31)22-21(18(12)29(37)41-10)17(33)9-40-8-14(25(22)34)20-26(35)23-16(32)7-13-5-11(2)42-30(38)19(13)24(23)27(36)28(20)39-3/h6-8,10-11,31-32H,4-5,9H2,1-3H3/b14-8-. The molecular formula is C30H22O12. The topological polar surface area (TPSA) is 180 Å². The van der Waals surface area contributed by atoms with Crippen LogP contribution in [0.25, 0.3) is 0 Å². The number of hydrogen-bond acceptors (Lipinski definition) is 12. The molecule has 2 aromatic carbocycles. The van der Waals surface area contributed by atoms with Gasteiger partial charge in [-0.3, -0.25) is 19.2 Å². The Labute approximate surface area is 237 Å². The summed E-state index contributed by atoms with van der Waals surface area (Å²) in [5.74, 6) is -7.62. The van der Waals surface area contributed by atoms with Gasteiger partial charge in [0.15, 0.2) is 12.4 Å². The highest BCUT2D eigenvalue weighted by Gasteiger charge is 2.45. The third-order valence-electron chi connectivity index (χ3n) is 7.57. The lowest BCUT2D eigenvalue weighted by molar-refractivity contribution is 0.0287. The van der Waals surface area contributed by atoms with Crippen molar-refractivity contribution in [2.45, 2.75) is 38.9 Å². The van der Waals surface area contributed by atoms with Crippen molar-refractivity contribution in [2.75, 3.05) is 13.7 Å². The fourth-order valence-electron chi connectivity index (χ4n) is 5.91. The molecule has 12 nitrogen and oxygen atoms in total. The number of Topliss-reactive ketones (excluding diaryl/α,β-unsaturated/α-hetero) is 4. The Bertz CT molecular complexity index is 1770. The summed E-state index contributed by atoms with van der Waals surface area (Å²) in [5, 5.41) is 21.8. The number of ether oxygens (including phenoxy) is 4. The molecule has 0 bridgehead atoms. The van der Waals surface area contributed by atoms with E-state index in [1.54, 1.807) is 13.8 Å². The van der Waals surface area contributed by atoms with Gasteiger partial charge in [-0.25, -0.2) is 9.59 Å². The molecule has 42 heavy (non-hydrogen) atoms. The summed E-state index contributed by atoms with van der Waals surface area (Å²) in [7, 11) is 1.07. The molecule has 1 aliphatic carbocycles. The number of aromatic hydroxyl groups is 2. The molecule has 214 valence electrons. The third kappa shape index (κ3) is 3.75. The first-order valence-corrected chi connectivity index (χ1v) is 12.9. The number of cyclic esters (lactones) is 2. The van der Waals surface area contributed by atoms with E-state index in [0.29, 0.717) is 5.56 Å². The average Bonchev–Trinajstić information content (AvgIpc) is 2.90. The van der Waals surface area contributed by atoms with Gasteiger partial charge in [0, 0.05) is 12.8 Å². The van der Waals surface area contributed by atoms with Crippen molar-refractivity contribution in [1.82, 2.24) is 0 Å². The van der Waals surface area contributed by atoms with Gasteiger partial charge in [0.25, 0.3) is 0 Å². The Morgan fingerprint density at radius 3 is 1.79 bits per heavy atom. The van der Waals surface area contributed by atoms with Crippen LogP contribution in [0.5, 0.6) is 11.5 Å². The number of allylic oxidation sites excluding steroid dienone is 3. The van der Waals surface area contributed by atoms with Gasteiger partial charge in [-0.05, 0) is 37.1 Å². The maximum Gasteiger partial charge on any atom is 0.339 e. The number of phenolic OH excluding ortho intramolecular Hbond substituents is 2. The first kappa shape index (κ1) is 26.9. The van der Waals surface area contributed by atoms with Crippen LogP contribution in [0.4, 0.5) is 0 Å². The van der Waals surface area contributed by atoms with Gasteiger partial charge in [0.1, 0.15) is 23.7 Å². The molecule has 6 rings (SSSR count). The van der Waals surface area contributed by atoms with Crippen LogP contribution < -0.4 is 0 Å². The number of fused-ring (bicyclic) bond motifs is 6. The molecule has 0 spiro atoms. The van der Waals surface area contributed by atoms with Crippen molar-refractivity contribution < 1.29 is 57.9 Å². The van der Waals surface area contributed by atoms with E-state index in [9.17, 15) is 39.0 Å². The number of esters is 2. The van der Waals surface area contributed by atoms with Gasteiger partial charge in [0.2, 0.25) is 23.1 Å². The zero-order valence-electron chi connectivity index (χ0n) is 22.5. The van der Waals surface area contributed by atoms with Crippen molar-refractivity contribution in [2.24, 2.45) is 0 Å². The number of methoxy groups -OCH3 is 1. The summed E-state index contributed by atoms with van der Waals surface area (Å²) in [6.07, 6.45) is 0.0306. The van der Waals surface area contributed by atoms with E-state index in [-0.39, 0.29) is 29.5 Å². The number of phenols is 2. The number of carbonyl (C=O) groups is 6. The van der Waals surface area contributed by atoms with Gasteiger partial charge in [-0.2, -0.15) is 0 Å². The van der Waals surface area contributed by atoms with Crippen LogP contribution in [-0.4, -0.2) is 71.2 Å². The maximum atomic E-state index is 14.0. The quantitative estimate of drug-likeness (QED) is 0.501. The molecule has 3 aliphatic heterocycles. The van der Waals surface area contributed by atoms with Crippen LogP contribution >= 0.6 is 0 Å². The Kier molecular flexibility index (Phi) is 6.03. The fourth-order valence-corrected chi connectivity index (χ4v) is 5.91. The zero-order valence-corrected chi connectivity index (χ0v) is 22.5. The molecule has 0 aromatic heterocycles. The summed E-state index contributed by atoms with van der Waals surface area (Å²) in [6.45, 7) is 2.56. The van der Waals surface area contributed by atoms with Gasteiger partial charge in [-0.15, -0.1) is 0 Å². The van der Waals surface area contributed by atoms with E-state index in [0.717, 1.165) is 13.4 Å². The summed E-state index contributed by atoms with van der Waals surface area (Å²) in [6, 6.07) is 2.37. The lowest BCUT2D eigenvalue weighted by Gasteiger charge is -2.29. The average molecular weight is 574 g/mol. The molecule has 12 heteroatoms. The van der Waals surface area contributed by atoms with Crippen molar-refractivity contribution in [3.63, 3.8) is 0 Å². The van der Waals surface area contributed by atoms with Gasteiger partial charge >= 0.3 is 11.9 Å². The van der Waals surface area contributed by atoms with Crippen molar-refractivity contribution in [3.05, 3.63) is 79.8 Å². The molecule has 2 aromatic rings. The number of hydrogen-bond donors (Lipinski definition) is 2. The van der Waals surface area contributed by atoms with Gasteiger partial charge in [-0.1, -0.05) is 0 Å². The second-order valence-electron chi connectivity index (χ2n) is 10.4. The van der Waals surface area contributed by atoms with Crippen molar-refractivity contribution in [3.8, 4) is 11.5 Å². The van der Waals surface area contributed by atoms with Crippen LogP contribution in [0.1, 0.15) is 87.1 Å². The second-order valence-corrected chi connectivity index (χ2v) is 10.4. The number of rotatable bonds is 2. The molecule has 2 unspecified atom stereocenters.